The van der Waals surface area contributed by atoms with E-state index in [0.29, 0.717) is 0 Å². The summed E-state index contributed by atoms with van der Waals surface area (Å²) in [4.78, 5) is 0. The molecule has 1 N–H and O–H groups in total. The van der Waals surface area contributed by atoms with Gasteiger partial charge in [-0.1, -0.05) is 13.8 Å². The van der Waals surface area contributed by atoms with Crippen LogP contribution in [0.2, 0.25) is 0 Å². The van der Waals surface area contributed by atoms with Gasteiger partial charge in [0.1, 0.15) is 5.75 Å². The Morgan fingerprint density at radius 2 is 2.07 bits per heavy atom. The van der Waals surface area contributed by atoms with Gasteiger partial charge in [0.05, 0.1) is 7.11 Å². The summed E-state index contributed by atoms with van der Waals surface area (Å²) in [5, 5.41) is 3.44. The predicted molar refractivity (Wildman–Crippen MR) is 65.7 cm³/mol. The van der Waals surface area contributed by atoms with E-state index in [9.17, 15) is 0 Å². The van der Waals surface area contributed by atoms with E-state index in [-0.39, 0.29) is 0 Å². The highest BCUT2D eigenvalue weighted by Crippen LogP contribution is 2.21. The molecule has 0 aliphatic heterocycles. The molecule has 0 aliphatic rings. The first kappa shape index (κ1) is 11.9. The molecule has 0 aliphatic carbocycles. The van der Waals surface area contributed by atoms with Crippen LogP contribution in [0.5, 0.6) is 5.75 Å². The summed E-state index contributed by atoms with van der Waals surface area (Å²) in [5.41, 5.74) is 2.44. The highest BCUT2D eigenvalue weighted by molar-refractivity contribution is 5.53. The van der Waals surface area contributed by atoms with Crippen molar-refractivity contribution in [1.82, 2.24) is 0 Å². The molecule has 0 atom stereocenters. The van der Waals surface area contributed by atoms with Crippen LogP contribution in [0, 0.1) is 12.8 Å². The third kappa shape index (κ3) is 3.82. The minimum Gasteiger partial charge on any atom is -0.497 e. The summed E-state index contributed by atoms with van der Waals surface area (Å²) in [6.07, 6.45) is 1.20. The number of hydrogen-bond donors (Lipinski definition) is 1. The number of ether oxygens (including phenoxy) is 1. The maximum absolute atomic E-state index is 5.16. The van der Waals surface area contributed by atoms with E-state index in [1.165, 1.54) is 17.7 Å². The van der Waals surface area contributed by atoms with Crippen LogP contribution >= 0.6 is 0 Å². The molecular formula is C13H21NO. The van der Waals surface area contributed by atoms with Crippen molar-refractivity contribution in [2.75, 3.05) is 19.0 Å². The van der Waals surface area contributed by atoms with Gasteiger partial charge in [0.2, 0.25) is 0 Å². The Balaban J connectivity index is 2.54. The molecule has 0 amide bonds. The highest BCUT2D eigenvalue weighted by atomic mass is 16.5. The molecule has 1 aromatic carbocycles. The van der Waals surface area contributed by atoms with Crippen molar-refractivity contribution in [1.29, 1.82) is 0 Å². The SMILES string of the molecule is COc1ccc(NCCC(C)C)c(C)c1. The number of methoxy groups -OCH3 is 1. The normalized spacial score (nSPS) is 10.5. The van der Waals surface area contributed by atoms with Gasteiger partial charge in [-0.15, -0.1) is 0 Å². The lowest BCUT2D eigenvalue weighted by Crippen LogP contribution is -2.05. The van der Waals surface area contributed by atoms with E-state index in [1.54, 1.807) is 7.11 Å². The average Bonchev–Trinajstić information content (AvgIpc) is 2.20. The molecule has 1 aromatic rings. The first-order valence-electron chi connectivity index (χ1n) is 5.52. The fraction of sp³-hybridized carbons (Fsp3) is 0.538. The molecule has 0 heterocycles. The molecule has 0 saturated carbocycles. The lowest BCUT2D eigenvalue weighted by molar-refractivity contribution is 0.414. The summed E-state index contributed by atoms with van der Waals surface area (Å²) in [6.45, 7) is 7.61. The maximum Gasteiger partial charge on any atom is 0.119 e. The van der Waals surface area contributed by atoms with E-state index < -0.39 is 0 Å². The number of aryl methyl sites for hydroxylation is 1. The largest absolute Gasteiger partial charge is 0.497 e. The second kappa shape index (κ2) is 5.64. The average molecular weight is 207 g/mol. The number of anilines is 1. The van der Waals surface area contributed by atoms with Gasteiger partial charge in [-0.3, -0.25) is 0 Å². The summed E-state index contributed by atoms with van der Waals surface area (Å²) in [7, 11) is 1.70. The van der Waals surface area contributed by atoms with Crippen molar-refractivity contribution in [3.05, 3.63) is 23.8 Å². The van der Waals surface area contributed by atoms with Gasteiger partial charge < -0.3 is 10.1 Å². The molecule has 0 radical (unpaired) electrons. The van der Waals surface area contributed by atoms with Gasteiger partial charge >= 0.3 is 0 Å². The van der Waals surface area contributed by atoms with Crippen molar-refractivity contribution in [2.24, 2.45) is 5.92 Å². The second-order valence-corrected chi connectivity index (χ2v) is 4.29. The fourth-order valence-electron chi connectivity index (χ4n) is 1.46. The molecule has 0 spiro atoms. The highest BCUT2D eigenvalue weighted by Gasteiger charge is 2.00. The van der Waals surface area contributed by atoms with Crippen molar-refractivity contribution in [3.8, 4) is 5.75 Å². The molecular weight excluding hydrogens is 186 g/mol. The van der Waals surface area contributed by atoms with Crippen LogP contribution in [0.15, 0.2) is 18.2 Å². The lowest BCUT2D eigenvalue weighted by Gasteiger charge is -2.11. The first-order valence-corrected chi connectivity index (χ1v) is 5.52. The Morgan fingerprint density at radius 3 is 2.60 bits per heavy atom. The van der Waals surface area contributed by atoms with Gasteiger partial charge in [-0.25, -0.2) is 0 Å². The molecule has 0 unspecified atom stereocenters. The molecule has 2 nitrogen and oxygen atoms in total. The number of benzene rings is 1. The van der Waals surface area contributed by atoms with Crippen molar-refractivity contribution in [2.45, 2.75) is 27.2 Å². The summed E-state index contributed by atoms with van der Waals surface area (Å²) in [6, 6.07) is 6.12. The van der Waals surface area contributed by atoms with E-state index in [0.717, 1.165) is 18.2 Å². The van der Waals surface area contributed by atoms with Crippen LogP contribution in [0.4, 0.5) is 5.69 Å². The second-order valence-electron chi connectivity index (χ2n) is 4.29. The van der Waals surface area contributed by atoms with Crippen LogP contribution in [0.25, 0.3) is 0 Å². The zero-order valence-corrected chi connectivity index (χ0v) is 10.1. The Labute approximate surface area is 92.6 Å². The van der Waals surface area contributed by atoms with Gasteiger partial charge in [-0.05, 0) is 43.0 Å². The zero-order valence-electron chi connectivity index (χ0n) is 10.1. The van der Waals surface area contributed by atoms with Gasteiger partial charge in [0.15, 0.2) is 0 Å². The first-order chi connectivity index (χ1) is 7.13. The Morgan fingerprint density at radius 1 is 1.33 bits per heavy atom. The van der Waals surface area contributed by atoms with Crippen molar-refractivity contribution in [3.63, 3.8) is 0 Å². The molecule has 84 valence electrons. The van der Waals surface area contributed by atoms with Gasteiger partial charge in [0.25, 0.3) is 0 Å². The van der Waals surface area contributed by atoms with Crippen LogP contribution in [0.3, 0.4) is 0 Å². The quantitative estimate of drug-likeness (QED) is 0.798. The maximum atomic E-state index is 5.16. The summed E-state index contributed by atoms with van der Waals surface area (Å²) in [5.74, 6) is 1.66. The Bertz CT molecular complexity index is 307. The molecule has 1 rings (SSSR count). The zero-order chi connectivity index (χ0) is 11.3. The Hall–Kier alpha value is -1.18. The minimum absolute atomic E-state index is 0.746. The fourth-order valence-corrected chi connectivity index (χ4v) is 1.46. The van der Waals surface area contributed by atoms with Crippen molar-refractivity contribution < 1.29 is 4.74 Å². The minimum atomic E-state index is 0.746. The lowest BCUT2D eigenvalue weighted by atomic mass is 10.1. The van der Waals surface area contributed by atoms with Crippen LogP contribution in [-0.4, -0.2) is 13.7 Å². The molecule has 2 heteroatoms. The molecule has 0 fully saturated rings. The Kier molecular flexibility index (Phi) is 4.47. The monoisotopic (exact) mass is 207 g/mol. The van der Waals surface area contributed by atoms with Gasteiger partial charge in [-0.2, -0.15) is 0 Å². The molecule has 0 aromatic heterocycles. The van der Waals surface area contributed by atoms with Crippen molar-refractivity contribution >= 4 is 5.69 Å². The number of hydrogen-bond acceptors (Lipinski definition) is 2. The van der Waals surface area contributed by atoms with Crippen LogP contribution in [0.1, 0.15) is 25.8 Å². The van der Waals surface area contributed by atoms with Gasteiger partial charge in [0, 0.05) is 12.2 Å². The summed E-state index contributed by atoms with van der Waals surface area (Å²) >= 11 is 0. The summed E-state index contributed by atoms with van der Waals surface area (Å²) < 4.78 is 5.16. The molecule has 15 heavy (non-hydrogen) atoms. The smallest absolute Gasteiger partial charge is 0.119 e. The van der Waals surface area contributed by atoms with E-state index >= 15 is 0 Å². The van der Waals surface area contributed by atoms with Crippen LogP contribution in [-0.2, 0) is 0 Å². The third-order valence-electron chi connectivity index (χ3n) is 2.47. The van der Waals surface area contributed by atoms with E-state index in [2.05, 4.69) is 38.2 Å². The number of nitrogens with one attached hydrogen (secondary N) is 1. The standard InChI is InChI=1S/C13H21NO/c1-10(2)7-8-14-13-6-5-12(15-4)9-11(13)3/h5-6,9-10,14H,7-8H2,1-4H3. The van der Waals surface area contributed by atoms with E-state index in [4.69, 9.17) is 4.74 Å². The number of rotatable bonds is 5. The topological polar surface area (TPSA) is 21.3 Å². The van der Waals surface area contributed by atoms with Crippen LogP contribution < -0.4 is 10.1 Å². The molecule has 0 bridgehead atoms. The molecule has 0 saturated heterocycles. The predicted octanol–water partition coefficient (Wildman–Crippen LogP) is 3.46. The van der Waals surface area contributed by atoms with E-state index in [1.807, 2.05) is 6.07 Å². The third-order valence-corrected chi connectivity index (χ3v) is 2.47.